The monoisotopic (exact) mass is 274 g/mol. The Morgan fingerprint density at radius 1 is 0.950 bits per heavy atom. The van der Waals surface area contributed by atoms with Gasteiger partial charge in [-0.15, -0.1) is 0 Å². The molecular weight excluding hydrogens is 256 g/mol. The molecule has 2 aromatic rings. The smallest absolute Gasteiger partial charge is 0.162 e. The standard InChI is InChI=1S/C14H18N4O2/c1-9-16-13(15-2)8-14(17-9)18-10-5-6-11(19-3)12(7-10)20-4/h5-8H,1-4H3,(H2,15,16,17,18). The quantitative estimate of drug-likeness (QED) is 0.873. The molecule has 0 saturated heterocycles. The molecule has 0 aliphatic rings. The SMILES string of the molecule is CNc1cc(Nc2ccc(OC)c(OC)c2)nc(C)n1. The average molecular weight is 274 g/mol. The van der Waals surface area contributed by atoms with E-state index in [4.69, 9.17) is 9.47 Å². The molecule has 0 saturated carbocycles. The summed E-state index contributed by atoms with van der Waals surface area (Å²) in [5.41, 5.74) is 0.864. The Bertz CT molecular complexity index is 602. The predicted octanol–water partition coefficient (Wildman–Crippen LogP) is 2.59. The van der Waals surface area contributed by atoms with Crippen molar-refractivity contribution < 1.29 is 9.47 Å². The van der Waals surface area contributed by atoms with Crippen molar-refractivity contribution in [3.8, 4) is 11.5 Å². The summed E-state index contributed by atoms with van der Waals surface area (Å²) in [6, 6.07) is 7.44. The topological polar surface area (TPSA) is 68.3 Å². The number of aryl methyl sites for hydroxylation is 1. The van der Waals surface area contributed by atoms with Gasteiger partial charge in [-0.1, -0.05) is 0 Å². The van der Waals surface area contributed by atoms with E-state index in [0.717, 1.165) is 11.5 Å². The molecule has 0 atom stereocenters. The summed E-state index contributed by atoms with van der Waals surface area (Å²) in [6.07, 6.45) is 0. The van der Waals surface area contributed by atoms with Gasteiger partial charge in [0.2, 0.25) is 0 Å². The lowest BCUT2D eigenvalue weighted by atomic mass is 10.2. The molecule has 1 aromatic carbocycles. The number of anilines is 3. The summed E-state index contributed by atoms with van der Waals surface area (Å²) in [6.45, 7) is 1.85. The van der Waals surface area contributed by atoms with Gasteiger partial charge < -0.3 is 20.1 Å². The molecule has 2 rings (SSSR count). The lowest BCUT2D eigenvalue weighted by Crippen LogP contribution is -2.01. The number of ether oxygens (including phenoxy) is 2. The minimum atomic E-state index is 0.664. The highest BCUT2D eigenvalue weighted by Crippen LogP contribution is 2.31. The van der Waals surface area contributed by atoms with Crippen molar-refractivity contribution in [1.82, 2.24) is 9.97 Å². The lowest BCUT2D eigenvalue weighted by molar-refractivity contribution is 0.355. The Hall–Kier alpha value is -2.50. The van der Waals surface area contributed by atoms with Crippen molar-refractivity contribution >= 4 is 17.3 Å². The maximum Gasteiger partial charge on any atom is 0.162 e. The first-order valence-electron chi connectivity index (χ1n) is 6.18. The van der Waals surface area contributed by atoms with Crippen LogP contribution in [-0.4, -0.2) is 31.2 Å². The zero-order chi connectivity index (χ0) is 14.5. The summed E-state index contributed by atoms with van der Waals surface area (Å²) in [5.74, 6) is 3.53. The lowest BCUT2D eigenvalue weighted by Gasteiger charge is -2.11. The van der Waals surface area contributed by atoms with Gasteiger partial charge in [0.25, 0.3) is 0 Å². The molecule has 0 aliphatic heterocycles. The van der Waals surface area contributed by atoms with Crippen LogP contribution in [0.5, 0.6) is 11.5 Å². The minimum absolute atomic E-state index is 0.664. The zero-order valence-corrected chi connectivity index (χ0v) is 12.0. The molecule has 0 fully saturated rings. The number of hydrogen-bond acceptors (Lipinski definition) is 6. The van der Waals surface area contributed by atoms with E-state index in [2.05, 4.69) is 20.6 Å². The number of nitrogens with one attached hydrogen (secondary N) is 2. The van der Waals surface area contributed by atoms with Gasteiger partial charge in [0.15, 0.2) is 11.5 Å². The number of nitrogens with zero attached hydrogens (tertiary/aromatic N) is 2. The molecule has 106 valence electrons. The molecule has 6 nitrogen and oxygen atoms in total. The summed E-state index contributed by atoms with van der Waals surface area (Å²) in [7, 11) is 5.04. The van der Waals surface area contributed by atoms with Crippen LogP contribution in [0.25, 0.3) is 0 Å². The second kappa shape index (κ2) is 6.10. The second-order valence-electron chi connectivity index (χ2n) is 4.13. The van der Waals surface area contributed by atoms with E-state index in [9.17, 15) is 0 Å². The second-order valence-corrected chi connectivity index (χ2v) is 4.13. The fourth-order valence-corrected chi connectivity index (χ4v) is 1.82. The van der Waals surface area contributed by atoms with E-state index >= 15 is 0 Å². The molecule has 0 amide bonds. The number of aromatic nitrogens is 2. The van der Waals surface area contributed by atoms with Crippen molar-refractivity contribution in [3.63, 3.8) is 0 Å². The Balaban J connectivity index is 2.27. The summed E-state index contributed by atoms with van der Waals surface area (Å²) < 4.78 is 10.5. The van der Waals surface area contributed by atoms with Crippen LogP contribution in [0.1, 0.15) is 5.82 Å². The van der Waals surface area contributed by atoms with Gasteiger partial charge in [-0.25, -0.2) is 9.97 Å². The molecule has 1 heterocycles. The molecule has 1 aromatic heterocycles. The molecule has 2 N–H and O–H groups in total. The van der Waals surface area contributed by atoms with E-state index in [1.165, 1.54) is 0 Å². The van der Waals surface area contributed by atoms with Gasteiger partial charge in [-0.05, 0) is 19.1 Å². The Morgan fingerprint density at radius 2 is 1.65 bits per heavy atom. The number of methoxy groups -OCH3 is 2. The normalized spacial score (nSPS) is 10.0. The maximum absolute atomic E-state index is 5.27. The fourth-order valence-electron chi connectivity index (χ4n) is 1.82. The van der Waals surface area contributed by atoms with Crippen LogP contribution in [0.2, 0.25) is 0 Å². The third-order valence-electron chi connectivity index (χ3n) is 2.75. The van der Waals surface area contributed by atoms with Gasteiger partial charge >= 0.3 is 0 Å². The minimum Gasteiger partial charge on any atom is -0.493 e. The Kier molecular flexibility index (Phi) is 4.24. The number of rotatable bonds is 5. The van der Waals surface area contributed by atoms with Gasteiger partial charge in [-0.2, -0.15) is 0 Å². The average Bonchev–Trinajstić information content (AvgIpc) is 2.46. The highest BCUT2D eigenvalue weighted by molar-refractivity contribution is 5.63. The van der Waals surface area contributed by atoms with Crippen LogP contribution in [0.3, 0.4) is 0 Å². The van der Waals surface area contributed by atoms with E-state index in [-0.39, 0.29) is 0 Å². The first-order chi connectivity index (χ1) is 9.66. The van der Waals surface area contributed by atoms with Crippen LogP contribution in [0, 0.1) is 6.92 Å². The van der Waals surface area contributed by atoms with E-state index in [0.29, 0.717) is 23.1 Å². The Labute approximate surface area is 118 Å². The number of benzene rings is 1. The van der Waals surface area contributed by atoms with Crippen molar-refractivity contribution in [2.45, 2.75) is 6.92 Å². The summed E-state index contributed by atoms with van der Waals surface area (Å²) >= 11 is 0. The van der Waals surface area contributed by atoms with E-state index in [1.807, 2.05) is 38.2 Å². The number of hydrogen-bond donors (Lipinski definition) is 2. The molecule has 20 heavy (non-hydrogen) atoms. The molecule has 0 spiro atoms. The highest BCUT2D eigenvalue weighted by Gasteiger charge is 2.06. The summed E-state index contributed by atoms with van der Waals surface area (Å²) in [5, 5.41) is 6.22. The van der Waals surface area contributed by atoms with Crippen LogP contribution in [-0.2, 0) is 0 Å². The molecule has 0 unspecified atom stereocenters. The molecule has 0 bridgehead atoms. The van der Waals surface area contributed by atoms with Crippen LogP contribution >= 0.6 is 0 Å². The zero-order valence-electron chi connectivity index (χ0n) is 12.0. The van der Waals surface area contributed by atoms with Crippen molar-refractivity contribution in [3.05, 3.63) is 30.1 Å². The van der Waals surface area contributed by atoms with Crippen LogP contribution in [0.4, 0.5) is 17.3 Å². The predicted molar refractivity (Wildman–Crippen MR) is 79.1 cm³/mol. The molecule has 0 aliphatic carbocycles. The molecular formula is C14H18N4O2. The first-order valence-corrected chi connectivity index (χ1v) is 6.18. The van der Waals surface area contributed by atoms with Gasteiger partial charge in [0.1, 0.15) is 17.5 Å². The van der Waals surface area contributed by atoms with Crippen LogP contribution in [0.15, 0.2) is 24.3 Å². The third-order valence-corrected chi connectivity index (χ3v) is 2.75. The summed E-state index contributed by atoms with van der Waals surface area (Å²) in [4.78, 5) is 8.59. The Morgan fingerprint density at radius 3 is 2.30 bits per heavy atom. The van der Waals surface area contributed by atoms with Crippen molar-refractivity contribution in [1.29, 1.82) is 0 Å². The van der Waals surface area contributed by atoms with Gasteiger partial charge in [0, 0.05) is 24.9 Å². The molecule has 6 heteroatoms. The first kappa shape index (κ1) is 13.9. The molecule has 0 radical (unpaired) electrons. The van der Waals surface area contributed by atoms with Crippen molar-refractivity contribution in [2.24, 2.45) is 0 Å². The third kappa shape index (κ3) is 3.09. The van der Waals surface area contributed by atoms with E-state index in [1.54, 1.807) is 14.2 Å². The highest BCUT2D eigenvalue weighted by atomic mass is 16.5. The largest absolute Gasteiger partial charge is 0.493 e. The van der Waals surface area contributed by atoms with Gasteiger partial charge in [-0.3, -0.25) is 0 Å². The van der Waals surface area contributed by atoms with Crippen molar-refractivity contribution in [2.75, 3.05) is 31.9 Å². The van der Waals surface area contributed by atoms with E-state index < -0.39 is 0 Å². The fraction of sp³-hybridized carbons (Fsp3) is 0.286. The maximum atomic E-state index is 5.27. The van der Waals surface area contributed by atoms with Gasteiger partial charge in [0.05, 0.1) is 14.2 Å². The van der Waals surface area contributed by atoms with Crippen LogP contribution < -0.4 is 20.1 Å².